The first-order valence-electron chi connectivity index (χ1n) is 7.32. The highest BCUT2D eigenvalue weighted by Gasteiger charge is 2.43. The van der Waals surface area contributed by atoms with Gasteiger partial charge in [0.2, 0.25) is 0 Å². The SMILES string of the molecule is CC(C)(C)OC(=O)N1C[C@H](C(=O)O)[C@H](C2C=CC=CC2)C1. The molecule has 1 unspecified atom stereocenters. The first kappa shape index (κ1) is 15.6. The summed E-state index contributed by atoms with van der Waals surface area (Å²) in [6.45, 7) is 6.09. The zero-order chi connectivity index (χ0) is 15.6. The molecule has 1 heterocycles. The second kappa shape index (κ2) is 5.92. The van der Waals surface area contributed by atoms with Crippen molar-refractivity contribution < 1.29 is 19.4 Å². The van der Waals surface area contributed by atoms with Crippen molar-refractivity contribution in [3.63, 3.8) is 0 Å². The van der Waals surface area contributed by atoms with E-state index in [1.165, 1.54) is 4.90 Å². The fraction of sp³-hybridized carbons (Fsp3) is 0.625. The van der Waals surface area contributed by atoms with Crippen LogP contribution in [0.15, 0.2) is 24.3 Å². The number of carboxylic acid groups (broad SMARTS) is 1. The quantitative estimate of drug-likeness (QED) is 0.850. The standard InChI is InChI=1S/C16H23NO4/c1-16(2,3)21-15(20)17-9-12(13(10-17)14(18)19)11-7-5-4-6-8-11/h4-7,11-13H,8-10H2,1-3H3,(H,18,19)/t11?,12-,13-/m0/s1. The minimum absolute atomic E-state index is 0.0591. The summed E-state index contributed by atoms with van der Waals surface area (Å²) in [7, 11) is 0. The van der Waals surface area contributed by atoms with Crippen LogP contribution in [0.5, 0.6) is 0 Å². The average Bonchev–Trinajstić information content (AvgIpc) is 2.83. The van der Waals surface area contributed by atoms with E-state index in [1.54, 1.807) is 0 Å². The summed E-state index contributed by atoms with van der Waals surface area (Å²) in [5.41, 5.74) is -0.568. The molecule has 2 aliphatic rings. The van der Waals surface area contributed by atoms with Gasteiger partial charge in [-0.15, -0.1) is 0 Å². The molecular formula is C16H23NO4. The molecule has 5 heteroatoms. The molecule has 0 bridgehead atoms. The van der Waals surface area contributed by atoms with E-state index in [9.17, 15) is 14.7 Å². The van der Waals surface area contributed by atoms with Crippen LogP contribution >= 0.6 is 0 Å². The minimum Gasteiger partial charge on any atom is -0.481 e. The average molecular weight is 293 g/mol. The van der Waals surface area contributed by atoms with Gasteiger partial charge in [-0.3, -0.25) is 4.79 Å². The highest BCUT2D eigenvalue weighted by molar-refractivity contribution is 5.75. The number of rotatable bonds is 2. The van der Waals surface area contributed by atoms with E-state index in [-0.39, 0.29) is 18.4 Å². The molecule has 1 aliphatic heterocycles. The Hall–Kier alpha value is -1.78. The van der Waals surface area contributed by atoms with Gasteiger partial charge in [-0.2, -0.15) is 0 Å². The minimum atomic E-state index is -0.839. The number of likely N-dealkylation sites (tertiary alicyclic amines) is 1. The van der Waals surface area contributed by atoms with Crippen LogP contribution in [0.25, 0.3) is 0 Å². The van der Waals surface area contributed by atoms with E-state index in [1.807, 2.05) is 45.1 Å². The predicted octanol–water partition coefficient (Wildman–Crippen LogP) is 2.69. The monoisotopic (exact) mass is 293 g/mol. The van der Waals surface area contributed by atoms with Crippen LogP contribution in [0.3, 0.4) is 0 Å². The van der Waals surface area contributed by atoms with Gasteiger partial charge in [0.15, 0.2) is 0 Å². The third kappa shape index (κ3) is 3.86. The molecule has 21 heavy (non-hydrogen) atoms. The number of aliphatic carboxylic acids is 1. The van der Waals surface area contributed by atoms with Crippen LogP contribution in [-0.2, 0) is 9.53 Å². The van der Waals surface area contributed by atoms with Crippen LogP contribution < -0.4 is 0 Å². The second-order valence-corrected chi connectivity index (χ2v) is 6.71. The highest BCUT2D eigenvalue weighted by atomic mass is 16.6. The molecule has 0 aromatic carbocycles. The number of ether oxygens (including phenoxy) is 1. The third-order valence-electron chi connectivity index (χ3n) is 3.90. The van der Waals surface area contributed by atoms with E-state index in [0.717, 1.165) is 6.42 Å². The lowest BCUT2D eigenvalue weighted by Gasteiger charge is -2.25. The van der Waals surface area contributed by atoms with Gasteiger partial charge in [-0.05, 0) is 39.0 Å². The molecule has 3 atom stereocenters. The number of carboxylic acids is 1. The second-order valence-electron chi connectivity index (χ2n) is 6.71. The smallest absolute Gasteiger partial charge is 0.410 e. The van der Waals surface area contributed by atoms with Crippen LogP contribution in [0, 0.1) is 17.8 Å². The molecule has 1 aliphatic carbocycles. The van der Waals surface area contributed by atoms with Crippen molar-refractivity contribution in [2.45, 2.75) is 32.8 Å². The Morgan fingerprint density at radius 3 is 2.48 bits per heavy atom. The van der Waals surface area contributed by atoms with Crippen LogP contribution in [0.1, 0.15) is 27.2 Å². The molecule has 2 rings (SSSR count). The van der Waals surface area contributed by atoms with E-state index in [2.05, 4.69) is 0 Å². The molecule has 1 fully saturated rings. The Morgan fingerprint density at radius 1 is 1.24 bits per heavy atom. The Balaban J connectivity index is 2.08. The molecule has 1 amide bonds. The Morgan fingerprint density at radius 2 is 1.95 bits per heavy atom. The number of hydrogen-bond acceptors (Lipinski definition) is 3. The van der Waals surface area contributed by atoms with Gasteiger partial charge >= 0.3 is 12.1 Å². The molecule has 0 aromatic rings. The summed E-state index contributed by atoms with van der Waals surface area (Å²) >= 11 is 0. The molecule has 1 N–H and O–H groups in total. The van der Waals surface area contributed by atoms with Gasteiger partial charge in [0, 0.05) is 13.1 Å². The number of allylic oxidation sites excluding steroid dienone is 4. The van der Waals surface area contributed by atoms with Crippen molar-refractivity contribution in [2.75, 3.05) is 13.1 Å². The molecule has 5 nitrogen and oxygen atoms in total. The van der Waals surface area contributed by atoms with Crippen LogP contribution in [0.2, 0.25) is 0 Å². The fourth-order valence-corrected chi connectivity index (χ4v) is 2.92. The van der Waals surface area contributed by atoms with Crippen molar-refractivity contribution >= 4 is 12.1 Å². The van der Waals surface area contributed by atoms with E-state index < -0.39 is 23.6 Å². The summed E-state index contributed by atoms with van der Waals surface area (Å²) < 4.78 is 5.35. The number of carbonyl (C=O) groups excluding carboxylic acids is 1. The van der Waals surface area contributed by atoms with Gasteiger partial charge < -0.3 is 14.7 Å². The largest absolute Gasteiger partial charge is 0.481 e. The number of hydrogen-bond donors (Lipinski definition) is 1. The van der Waals surface area contributed by atoms with Gasteiger partial charge in [0.25, 0.3) is 0 Å². The normalized spacial score (nSPS) is 28.7. The Labute approximate surface area is 125 Å². The fourth-order valence-electron chi connectivity index (χ4n) is 2.92. The maximum atomic E-state index is 12.1. The molecular weight excluding hydrogens is 270 g/mol. The number of amides is 1. The summed E-state index contributed by atoms with van der Waals surface area (Å²) in [5.74, 6) is -1.26. The highest BCUT2D eigenvalue weighted by Crippen LogP contribution is 2.34. The van der Waals surface area contributed by atoms with Crippen molar-refractivity contribution in [1.82, 2.24) is 4.90 Å². The van der Waals surface area contributed by atoms with Gasteiger partial charge in [0.05, 0.1) is 5.92 Å². The Bertz CT molecular complexity index is 475. The maximum absolute atomic E-state index is 12.1. The third-order valence-corrected chi connectivity index (χ3v) is 3.90. The molecule has 0 spiro atoms. The molecule has 0 saturated carbocycles. The number of carbonyl (C=O) groups is 2. The van der Waals surface area contributed by atoms with E-state index >= 15 is 0 Å². The summed E-state index contributed by atoms with van der Waals surface area (Å²) in [5, 5.41) is 9.43. The lowest BCUT2D eigenvalue weighted by Crippen LogP contribution is -2.36. The van der Waals surface area contributed by atoms with Crippen molar-refractivity contribution in [2.24, 2.45) is 17.8 Å². The molecule has 116 valence electrons. The first-order valence-corrected chi connectivity index (χ1v) is 7.32. The molecule has 0 radical (unpaired) electrons. The first-order chi connectivity index (χ1) is 9.78. The maximum Gasteiger partial charge on any atom is 0.410 e. The lowest BCUT2D eigenvalue weighted by molar-refractivity contribution is -0.142. The zero-order valence-electron chi connectivity index (χ0n) is 12.8. The van der Waals surface area contributed by atoms with Crippen LogP contribution in [-0.4, -0.2) is 40.8 Å². The van der Waals surface area contributed by atoms with Crippen molar-refractivity contribution in [1.29, 1.82) is 0 Å². The predicted molar refractivity (Wildman–Crippen MR) is 78.8 cm³/mol. The molecule has 1 saturated heterocycles. The number of nitrogens with zero attached hydrogens (tertiary/aromatic N) is 1. The van der Waals surface area contributed by atoms with E-state index in [4.69, 9.17) is 4.74 Å². The Kier molecular flexibility index (Phi) is 4.40. The van der Waals surface area contributed by atoms with Gasteiger partial charge in [-0.25, -0.2) is 4.79 Å². The van der Waals surface area contributed by atoms with Crippen LogP contribution in [0.4, 0.5) is 4.79 Å². The summed E-state index contributed by atoms with van der Waals surface area (Å²) in [6.07, 6.45) is 8.40. The van der Waals surface area contributed by atoms with Gasteiger partial charge in [-0.1, -0.05) is 24.3 Å². The topological polar surface area (TPSA) is 66.8 Å². The molecule has 0 aromatic heterocycles. The van der Waals surface area contributed by atoms with Gasteiger partial charge in [0.1, 0.15) is 5.60 Å². The van der Waals surface area contributed by atoms with E-state index in [0.29, 0.717) is 6.54 Å². The summed E-state index contributed by atoms with van der Waals surface area (Å²) in [6, 6.07) is 0. The van der Waals surface area contributed by atoms with Crippen molar-refractivity contribution in [3.05, 3.63) is 24.3 Å². The lowest BCUT2D eigenvalue weighted by atomic mass is 9.80. The summed E-state index contributed by atoms with van der Waals surface area (Å²) in [4.78, 5) is 25.2. The van der Waals surface area contributed by atoms with Crippen molar-refractivity contribution in [3.8, 4) is 0 Å². The zero-order valence-corrected chi connectivity index (χ0v) is 12.8.